The first-order valence-corrected chi connectivity index (χ1v) is 5.82. The Labute approximate surface area is 92.3 Å². The highest BCUT2D eigenvalue weighted by Gasteiger charge is 2.17. The van der Waals surface area contributed by atoms with Crippen molar-refractivity contribution < 1.29 is 0 Å². The molecule has 0 amide bonds. The van der Waals surface area contributed by atoms with Gasteiger partial charge >= 0.3 is 0 Å². The van der Waals surface area contributed by atoms with Gasteiger partial charge in [0.1, 0.15) is 0 Å². The molecule has 0 spiro atoms. The van der Waals surface area contributed by atoms with Gasteiger partial charge in [0.2, 0.25) is 0 Å². The molecule has 0 saturated carbocycles. The minimum atomic E-state index is 0.617. The smallest absolute Gasteiger partial charge is 0.0604 e. The van der Waals surface area contributed by atoms with E-state index in [1.807, 2.05) is 0 Å². The zero-order valence-corrected chi connectivity index (χ0v) is 9.88. The predicted octanol–water partition coefficient (Wildman–Crippen LogP) is 2.89. The van der Waals surface area contributed by atoms with Crippen LogP contribution in [-0.4, -0.2) is 19.6 Å². The lowest BCUT2D eigenvalue weighted by molar-refractivity contribution is 0.657. The van der Waals surface area contributed by atoms with E-state index in [0.29, 0.717) is 6.04 Å². The molecule has 1 aromatic carbocycles. The number of nitrogens with one attached hydrogen (secondary N) is 1. The van der Waals surface area contributed by atoms with Gasteiger partial charge in [0.05, 0.1) is 11.4 Å². The minimum absolute atomic E-state index is 0.617. The summed E-state index contributed by atoms with van der Waals surface area (Å²) in [5, 5.41) is 3.50. The van der Waals surface area contributed by atoms with Crippen molar-refractivity contribution in [3.05, 3.63) is 23.8 Å². The topological polar surface area (TPSA) is 15.3 Å². The average Bonchev–Trinajstić information content (AvgIpc) is 2.40. The third-order valence-corrected chi connectivity index (χ3v) is 3.39. The van der Waals surface area contributed by atoms with Gasteiger partial charge in [-0.25, -0.2) is 0 Å². The Kier molecular flexibility index (Phi) is 2.85. The molecule has 0 fully saturated rings. The summed E-state index contributed by atoms with van der Waals surface area (Å²) >= 11 is 0. The molecule has 1 N–H and O–H groups in total. The second-order valence-corrected chi connectivity index (χ2v) is 4.38. The normalized spacial score (nSPS) is 20.5. The number of anilines is 2. The fraction of sp³-hybridized carbons (Fsp3) is 0.538. The second-order valence-electron chi connectivity index (χ2n) is 4.38. The summed E-state index contributed by atoms with van der Waals surface area (Å²) in [6.45, 7) is 5.56. The van der Waals surface area contributed by atoms with Crippen molar-refractivity contribution in [2.75, 3.05) is 23.8 Å². The van der Waals surface area contributed by atoms with Crippen molar-refractivity contribution >= 4 is 11.4 Å². The lowest BCUT2D eigenvalue weighted by Gasteiger charge is -2.25. The number of nitrogens with zero attached hydrogens (tertiary/aromatic N) is 1. The van der Waals surface area contributed by atoms with Crippen molar-refractivity contribution in [3.63, 3.8) is 0 Å². The van der Waals surface area contributed by atoms with Crippen LogP contribution < -0.4 is 10.2 Å². The van der Waals surface area contributed by atoms with Gasteiger partial charge in [0.25, 0.3) is 0 Å². The first-order valence-electron chi connectivity index (χ1n) is 5.82. The number of hydrogen-bond donors (Lipinski definition) is 1. The van der Waals surface area contributed by atoms with Gasteiger partial charge in [-0.15, -0.1) is 0 Å². The average molecular weight is 204 g/mol. The van der Waals surface area contributed by atoms with Gasteiger partial charge in [-0.3, -0.25) is 0 Å². The third-order valence-electron chi connectivity index (χ3n) is 3.39. The van der Waals surface area contributed by atoms with E-state index in [0.717, 1.165) is 13.0 Å². The highest BCUT2D eigenvalue weighted by atomic mass is 15.2. The molecule has 1 heterocycles. The van der Waals surface area contributed by atoms with E-state index < -0.39 is 0 Å². The Morgan fingerprint density at radius 2 is 2.27 bits per heavy atom. The van der Waals surface area contributed by atoms with Gasteiger partial charge in [-0.2, -0.15) is 0 Å². The first kappa shape index (κ1) is 10.3. The SMILES string of the molecule is CCc1ccc2c(c1)N(C)C(C)CCN2. The van der Waals surface area contributed by atoms with E-state index in [2.05, 4.69) is 49.3 Å². The number of hydrogen-bond acceptors (Lipinski definition) is 2. The summed E-state index contributed by atoms with van der Waals surface area (Å²) in [6, 6.07) is 7.36. The lowest BCUT2D eigenvalue weighted by atomic mass is 10.1. The molecule has 1 unspecified atom stereocenters. The molecule has 1 atom stereocenters. The van der Waals surface area contributed by atoms with E-state index in [1.165, 1.54) is 23.4 Å². The number of fused-ring (bicyclic) bond motifs is 1. The van der Waals surface area contributed by atoms with Gasteiger partial charge in [-0.05, 0) is 37.5 Å². The quantitative estimate of drug-likeness (QED) is 0.756. The molecular weight excluding hydrogens is 184 g/mol. The van der Waals surface area contributed by atoms with Crippen LogP contribution in [0.25, 0.3) is 0 Å². The Morgan fingerprint density at radius 3 is 3.00 bits per heavy atom. The number of rotatable bonds is 1. The fourth-order valence-corrected chi connectivity index (χ4v) is 2.09. The van der Waals surface area contributed by atoms with Crippen molar-refractivity contribution in [1.29, 1.82) is 0 Å². The molecule has 0 bridgehead atoms. The first-order chi connectivity index (χ1) is 7.22. The molecule has 0 aromatic heterocycles. The number of benzene rings is 1. The minimum Gasteiger partial charge on any atom is -0.383 e. The standard InChI is InChI=1S/C13H20N2/c1-4-11-5-6-12-13(9-11)15(3)10(2)7-8-14-12/h5-6,9-10,14H,4,7-8H2,1-3H3. The van der Waals surface area contributed by atoms with Crippen LogP contribution in [0.5, 0.6) is 0 Å². The summed E-state index contributed by atoms with van der Waals surface area (Å²) in [5.74, 6) is 0. The van der Waals surface area contributed by atoms with Gasteiger partial charge in [-0.1, -0.05) is 13.0 Å². The fourth-order valence-electron chi connectivity index (χ4n) is 2.09. The molecule has 1 aliphatic heterocycles. The van der Waals surface area contributed by atoms with Gasteiger partial charge in [0, 0.05) is 19.6 Å². The van der Waals surface area contributed by atoms with Crippen molar-refractivity contribution in [1.82, 2.24) is 0 Å². The predicted molar refractivity (Wildman–Crippen MR) is 66.8 cm³/mol. The van der Waals surface area contributed by atoms with Crippen LogP contribution >= 0.6 is 0 Å². The third kappa shape index (κ3) is 1.94. The summed E-state index contributed by atoms with van der Waals surface area (Å²) < 4.78 is 0. The maximum atomic E-state index is 3.50. The molecule has 1 aliphatic rings. The van der Waals surface area contributed by atoms with Crippen LogP contribution in [0.3, 0.4) is 0 Å². The Balaban J connectivity index is 2.41. The van der Waals surface area contributed by atoms with Gasteiger partial charge in [0.15, 0.2) is 0 Å². The van der Waals surface area contributed by atoms with Gasteiger partial charge < -0.3 is 10.2 Å². The van der Waals surface area contributed by atoms with Crippen LogP contribution in [0.4, 0.5) is 11.4 Å². The lowest BCUT2D eigenvalue weighted by Crippen LogP contribution is -2.28. The van der Waals surface area contributed by atoms with Crippen LogP contribution in [-0.2, 0) is 6.42 Å². The highest BCUT2D eigenvalue weighted by molar-refractivity contribution is 5.71. The van der Waals surface area contributed by atoms with Crippen LogP contribution in [0.15, 0.2) is 18.2 Å². The number of aryl methyl sites for hydroxylation is 1. The molecule has 15 heavy (non-hydrogen) atoms. The van der Waals surface area contributed by atoms with E-state index in [4.69, 9.17) is 0 Å². The summed E-state index contributed by atoms with van der Waals surface area (Å²) in [4.78, 5) is 2.38. The maximum Gasteiger partial charge on any atom is 0.0604 e. The Bertz CT molecular complexity index is 346. The van der Waals surface area contributed by atoms with Crippen LogP contribution in [0.1, 0.15) is 25.8 Å². The summed E-state index contributed by atoms with van der Waals surface area (Å²) in [5.41, 5.74) is 4.04. The highest BCUT2D eigenvalue weighted by Crippen LogP contribution is 2.30. The Hall–Kier alpha value is -1.18. The zero-order valence-electron chi connectivity index (χ0n) is 9.88. The van der Waals surface area contributed by atoms with E-state index in [9.17, 15) is 0 Å². The zero-order chi connectivity index (χ0) is 10.8. The summed E-state index contributed by atoms with van der Waals surface area (Å²) in [6.07, 6.45) is 2.31. The second kappa shape index (κ2) is 4.13. The van der Waals surface area contributed by atoms with E-state index in [1.54, 1.807) is 0 Å². The molecule has 1 aromatic rings. The molecule has 82 valence electrons. The maximum absolute atomic E-state index is 3.50. The monoisotopic (exact) mass is 204 g/mol. The largest absolute Gasteiger partial charge is 0.383 e. The van der Waals surface area contributed by atoms with Crippen molar-refractivity contribution in [2.24, 2.45) is 0 Å². The summed E-state index contributed by atoms with van der Waals surface area (Å²) in [7, 11) is 2.19. The molecule has 0 saturated heterocycles. The van der Waals surface area contributed by atoms with Crippen LogP contribution in [0, 0.1) is 0 Å². The molecule has 0 radical (unpaired) electrons. The van der Waals surface area contributed by atoms with E-state index >= 15 is 0 Å². The molecule has 2 rings (SSSR count). The van der Waals surface area contributed by atoms with Crippen LogP contribution in [0.2, 0.25) is 0 Å². The van der Waals surface area contributed by atoms with Crippen molar-refractivity contribution in [3.8, 4) is 0 Å². The van der Waals surface area contributed by atoms with Crippen molar-refractivity contribution in [2.45, 2.75) is 32.7 Å². The Morgan fingerprint density at radius 1 is 1.47 bits per heavy atom. The molecule has 2 heteroatoms. The van der Waals surface area contributed by atoms with E-state index in [-0.39, 0.29) is 0 Å². The molecular formula is C13H20N2. The molecule has 0 aliphatic carbocycles. The molecule has 2 nitrogen and oxygen atoms in total.